The maximum absolute atomic E-state index is 3.76. The highest BCUT2D eigenvalue weighted by Gasteiger charge is 2.40. The summed E-state index contributed by atoms with van der Waals surface area (Å²) in [5, 5.41) is 3.39. The van der Waals surface area contributed by atoms with Crippen molar-refractivity contribution in [3.05, 3.63) is 34.3 Å². The summed E-state index contributed by atoms with van der Waals surface area (Å²) in [7, 11) is 2.08. The van der Waals surface area contributed by atoms with Crippen LogP contribution in [0, 0.1) is 5.92 Å². The molecule has 0 bridgehead atoms. The summed E-state index contributed by atoms with van der Waals surface area (Å²) in [6, 6.07) is 10.2. The third kappa shape index (κ3) is 2.88. The summed E-state index contributed by atoms with van der Waals surface area (Å²) < 4.78 is 1.27. The molecule has 1 aromatic carbocycles. The molecular formula is C16H23BrN2. The SMILES string of the molecule is CNCC1CCCN(C2CC2)C1c1ccccc1Br. The van der Waals surface area contributed by atoms with Crippen molar-refractivity contribution in [1.29, 1.82) is 0 Å². The third-order valence-corrected chi connectivity index (χ3v) is 5.22. The van der Waals surface area contributed by atoms with E-state index in [9.17, 15) is 0 Å². The van der Waals surface area contributed by atoms with Crippen LogP contribution in [0.2, 0.25) is 0 Å². The standard InChI is InChI=1S/C16H23BrN2/c1-18-11-12-5-4-10-19(13-8-9-13)16(12)14-6-2-3-7-15(14)17/h2-3,6-7,12-13,16,18H,4-5,8-11H2,1H3. The first kappa shape index (κ1) is 13.6. The van der Waals surface area contributed by atoms with Gasteiger partial charge in [0.05, 0.1) is 0 Å². The molecule has 0 amide bonds. The number of rotatable bonds is 4. The minimum Gasteiger partial charge on any atom is -0.319 e. The molecule has 0 aromatic heterocycles. The van der Waals surface area contributed by atoms with Crippen LogP contribution in [-0.4, -0.2) is 31.1 Å². The second-order valence-electron chi connectivity index (χ2n) is 5.90. The molecule has 0 spiro atoms. The molecule has 3 heteroatoms. The van der Waals surface area contributed by atoms with Gasteiger partial charge in [-0.3, -0.25) is 4.90 Å². The van der Waals surface area contributed by atoms with E-state index in [0.717, 1.165) is 18.5 Å². The Balaban J connectivity index is 1.92. The molecule has 1 N–H and O–H groups in total. The highest BCUT2D eigenvalue weighted by molar-refractivity contribution is 9.10. The van der Waals surface area contributed by atoms with E-state index in [4.69, 9.17) is 0 Å². The van der Waals surface area contributed by atoms with Gasteiger partial charge >= 0.3 is 0 Å². The maximum atomic E-state index is 3.76. The molecule has 1 aromatic rings. The van der Waals surface area contributed by atoms with Gasteiger partial charge in [0.15, 0.2) is 0 Å². The van der Waals surface area contributed by atoms with E-state index >= 15 is 0 Å². The average molecular weight is 323 g/mol. The first-order valence-electron chi connectivity index (χ1n) is 7.46. The zero-order valence-electron chi connectivity index (χ0n) is 11.6. The maximum Gasteiger partial charge on any atom is 0.0402 e. The number of hydrogen-bond acceptors (Lipinski definition) is 2. The fraction of sp³-hybridized carbons (Fsp3) is 0.625. The topological polar surface area (TPSA) is 15.3 Å². The summed E-state index contributed by atoms with van der Waals surface area (Å²) in [4.78, 5) is 2.77. The Kier molecular flexibility index (Phi) is 4.25. The van der Waals surface area contributed by atoms with E-state index in [2.05, 4.69) is 57.5 Å². The van der Waals surface area contributed by atoms with Gasteiger partial charge in [-0.25, -0.2) is 0 Å². The molecule has 2 fully saturated rings. The van der Waals surface area contributed by atoms with Crippen molar-refractivity contribution in [1.82, 2.24) is 10.2 Å². The lowest BCUT2D eigenvalue weighted by Gasteiger charge is -2.42. The van der Waals surface area contributed by atoms with E-state index < -0.39 is 0 Å². The molecule has 3 rings (SSSR count). The van der Waals surface area contributed by atoms with E-state index in [1.807, 2.05) is 0 Å². The lowest BCUT2D eigenvalue weighted by molar-refractivity contribution is 0.0840. The molecule has 1 heterocycles. The lowest BCUT2D eigenvalue weighted by atomic mass is 9.84. The van der Waals surface area contributed by atoms with Crippen LogP contribution in [0.15, 0.2) is 28.7 Å². The number of likely N-dealkylation sites (tertiary alicyclic amines) is 1. The van der Waals surface area contributed by atoms with Gasteiger partial charge in [0.25, 0.3) is 0 Å². The van der Waals surface area contributed by atoms with Gasteiger partial charge in [0.1, 0.15) is 0 Å². The summed E-state index contributed by atoms with van der Waals surface area (Å²) in [5.41, 5.74) is 1.48. The van der Waals surface area contributed by atoms with Crippen LogP contribution in [0.1, 0.15) is 37.3 Å². The van der Waals surface area contributed by atoms with E-state index in [1.165, 1.54) is 42.3 Å². The Morgan fingerprint density at radius 1 is 1.26 bits per heavy atom. The van der Waals surface area contributed by atoms with Gasteiger partial charge in [0.2, 0.25) is 0 Å². The van der Waals surface area contributed by atoms with Gasteiger partial charge < -0.3 is 5.32 Å². The van der Waals surface area contributed by atoms with Crippen LogP contribution >= 0.6 is 15.9 Å². The molecule has 2 unspecified atom stereocenters. The molecule has 1 aliphatic carbocycles. The van der Waals surface area contributed by atoms with Crippen LogP contribution in [0.3, 0.4) is 0 Å². The molecule has 1 aliphatic heterocycles. The van der Waals surface area contributed by atoms with Crippen molar-refractivity contribution in [3.63, 3.8) is 0 Å². The monoisotopic (exact) mass is 322 g/mol. The largest absolute Gasteiger partial charge is 0.319 e. The summed E-state index contributed by atoms with van der Waals surface area (Å²) in [6.07, 6.45) is 5.49. The van der Waals surface area contributed by atoms with E-state index in [-0.39, 0.29) is 0 Å². The number of piperidine rings is 1. The van der Waals surface area contributed by atoms with E-state index in [1.54, 1.807) is 0 Å². The second kappa shape index (κ2) is 5.94. The first-order chi connectivity index (χ1) is 9.31. The molecule has 19 heavy (non-hydrogen) atoms. The van der Waals surface area contributed by atoms with Crippen molar-refractivity contribution >= 4 is 15.9 Å². The number of benzene rings is 1. The van der Waals surface area contributed by atoms with Crippen LogP contribution in [0.4, 0.5) is 0 Å². The highest BCUT2D eigenvalue weighted by atomic mass is 79.9. The Morgan fingerprint density at radius 2 is 2.05 bits per heavy atom. The molecule has 1 saturated heterocycles. The Morgan fingerprint density at radius 3 is 2.74 bits per heavy atom. The lowest BCUT2D eigenvalue weighted by Crippen LogP contribution is -2.43. The number of halogens is 1. The highest BCUT2D eigenvalue weighted by Crippen LogP contribution is 2.44. The minimum atomic E-state index is 0.587. The van der Waals surface area contributed by atoms with Gasteiger partial charge in [0, 0.05) is 16.6 Å². The zero-order chi connectivity index (χ0) is 13.2. The fourth-order valence-corrected chi connectivity index (χ4v) is 4.06. The number of hydrogen-bond donors (Lipinski definition) is 1. The first-order valence-corrected chi connectivity index (χ1v) is 8.25. The smallest absolute Gasteiger partial charge is 0.0402 e. The van der Waals surface area contributed by atoms with Crippen LogP contribution < -0.4 is 5.32 Å². The summed E-state index contributed by atoms with van der Waals surface area (Å²) >= 11 is 3.76. The molecule has 0 radical (unpaired) electrons. The normalized spacial score (nSPS) is 28.5. The molecular weight excluding hydrogens is 300 g/mol. The van der Waals surface area contributed by atoms with Gasteiger partial charge in [-0.15, -0.1) is 0 Å². The van der Waals surface area contributed by atoms with Crippen molar-refractivity contribution in [2.75, 3.05) is 20.1 Å². The van der Waals surface area contributed by atoms with Gasteiger partial charge in [-0.1, -0.05) is 34.1 Å². The third-order valence-electron chi connectivity index (χ3n) is 4.50. The Bertz CT molecular complexity index is 429. The minimum absolute atomic E-state index is 0.587. The van der Waals surface area contributed by atoms with Crippen LogP contribution in [0.5, 0.6) is 0 Å². The average Bonchev–Trinajstić information content (AvgIpc) is 3.24. The van der Waals surface area contributed by atoms with Crippen molar-refractivity contribution in [2.45, 2.75) is 37.8 Å². The van der Waals surface area contributed by atoms with Crippen LogP contribution in [0.25, 0.3) is 0 Å². The predicted molar refractivity (Wildman–Crippen MR) is 83.3 cm³/mol. The zero-order valence-corrected chi connectivity index (χ0v) is 13.2. The quantitative estimate of drug-likeness (QED) is 0.911. The molecule has 2 nitrogen and oxygen atoms in total. The molecule has 104 valence electrons. The van der Waals surface area contributed by atoms with Crippen LogP contribution in [-0.2, 0) is 0 Å². The van der Waals surface area contributed by atoms with Crippen molar-refractivity contribution in [3.8, 4) is 0 Å². The number of nitrogens with zero attached hydrogens (tertiary/aromatic N) is 1. The van der Waals surface area contributed by atoms with Gasteiger partial charge in [-0.2, -0.15) is 0 Å². The second-order valence-corrected chi connectivity index (χ2v) is 6.75. The van der Waals surface area contributed by atoms with Gasteiger partial charge in [-0.05, 0) is 63.4 Å². The van der Waals surface area contributed by atoms with Crippen molar-refractivity contribution < 1.29 is 0 Å². The molecule has 2 aliphatic rings. The Hall–Kier alpha value is -0.380. The fourth-order valence-electron chi connectivity index (χ4n) is 3.54. The predicted octanol–water partition coefficient (Wildman–Crippen LogP) is 3.58. The van der Waals surface area contributed by atoms with Crippen molar-refractivity contribution in [2.24, 2.45) is 5.92 Å². The van der Waals surface area contributed by atoms with E-state index in [0.29, 0.717) is 6.04 Å². The summed E-state index contributed by atoms with van der Waals surface area (Å²) in [6.45, 7) is 2.39. The Labute approximate surface area is 124 Å². The molecule has 1 saturated carbocycles. The number of nitrogens with one attached hydrogen (secondary N) is 1. The summed E-state index contributed by atoms with van der Waals surface area (Å²) in [5.74, 6) is 0.734. The molecule has 2 atom stereocenters.